The second-order valence-corrected chi connectivity index (χ2v) is 4.07. The number of hydrogen-bond donors (Lipinski definition) is 0. The molecule has 19 heavy (non-hydrogen) atoms. The Morgan fingerprint density at radius 3 is 2.37 bits per heavy atom. The average molecular weight is 265 g/mol. The molecule has 5 nitrogen and oxygen atoms in total. The minimum absolute atomic E-state index is 0.0253. The second-order valence-electron chi connectivity index (χ2n) is 4.07. The van der Waals surface area contributed by atoms with Crippen LogP contribution in [-0.2, 0) is 4.79 Å². The van der Waals surface area contributed by atoms with Crippen molar-refractivity contribution in [2.45, 2.75) is 25.7 Å². The monoisotopic (exact) mass is 265 g/mol. The van der Waals surface area contributed by atoms with Crippen molar-refractivity contribution in [3.8, 4) is 11.5 Å². The van der Waals surface area contributed by atoms with Crippen LogP contribution < -0.4 is 14.6 Å². The molecule has 0 saturated heterocycles. The summed E-state index contributed by atoms with van der Waals surface area (Å²) in [5.74, 6) is -0.106. The molecular weight excluding hydrogens is 248 g/mol. The summed E-state index contributed by atoms with van der Waals surface area (Å²) in [6.45, 7) is 0. The normalized spacial score (nSPS) is 10.0. The Balaban J connectivity index is 2.66. The number of carbonyl (C=O) groups excluding carboxylic acids is 2. The summed E-state index contributed by atoms with van der Waals surface area (Å²) >= 11 is 0. The van der Waals surface area contributed by atoms with E-state index in [0.29, 0.717) is 29.9 Å². The van der Waals surface area contributed by atoms with Gasteiger partial charge in [-0.15, -0.1) is 0 Å². The van der Waals surface area contributed by atoms with Crippen molar-refractivity contribution < 1.29 is 24.2 Å². The number of unbranched alkanes of at least 4 members (excludes halogenated alkanes) is 1. The molecule has 0 saturated carbocycles. The number of ether oxygens (including phenoxy) is 2. The maximum atomic E-state index is 12.0. The van der Waals surface area contributed by atoms with Crippen LogP contribution in [0.3, 0.4) is 0 Å². The lowest BCUT2D eigenvalue weighted by molar-refractivity contribution is -0.305. The highest BCUT2D eigenvalue weighted by atomic mass is 16.5. The molecule has 0 aliphatic rings. The Morgan fingerprint density at radius 2 is 1.79 bits per heavy atom. The van der Waals surface area contributed by atoms with Gasteiger partial charge in [-0.05, 0) is 37.5 Å². The van der Waals surface area contributed by atoms with Gasteiger partial charge in [0.1, 0.15) is 11.5 Å². The van der Waals surface area contributed by atoms with Crippen LogP contribution in [0.25, 0.3) is 0 Å². The Bertz CT molecular complexity index is 453. The third-order valence-electron chi connectivity index (χ3n) is 2.74. The lowest BCUT2D eigenvalue weighted by Gasteiger charge is -2.09. The summed E-state index contributed by atoms with van der Waals surface area (Å²) in [4.78, 5) is 22.3. The van der Waals surface area contributed by atoms with Gasteiger partial charge in [0.2, 0.25) is 0 Å². The quantitative estimate of drug-likeness (QED) is 0.521. The fraction of sp³-hybridized carbons (Fsp3) is 0.429. The van der Waals surface area contributed by atoms with Crippen molar-refractivity contribution >= 4 is 11.8 Å². The van der Waals surface area contributed by atoms with E-state index >= 15 is 0 Å². The van der Waals surface area contributed by atoms with Gasteiger partial charge in [0.25, 0.3) is 0 Å². The SMILES string of the molecule is COc1ccc(OC)c(C(=O)CCCCC(=O)[O-])c1. The van der Waals surface area contributed by atoms with E-state index in [4.69, 9.17) is 9.47 Å². The van der Waals surface area contributed by atoms with Gasteiger partial charge in [0.15, 0.2) is 5.78 Å². The first-order valence-electron chi connectivity index (χ1n) is 6.03. The number of hydrogen-bond acceptors (Lipinski definition) is 5. The van der Waals surface area contributed by atoms with E-state index in [1.165, 1.54) is 14.2 Å². The zero-order valence-electron chi connectivity index (χ0n) is 11.1. The molecular formula is C14H17O5-. The van der Waals surface area contributed by atoms with E-state index in [1.54, 1.807) is 18.2 Å². The molecule has 104 valence electrons. The molecule has 0 aliphatic carbocycles. The van der Waals surface area contributed by atoms with Gasteiger partial charge in [-0.3, -0.25) is 4.79 Å². The highest BCUT2D eigenvalue weighted by Crippen LogP contribution is 2.25. The molecule has 0 unspecified atom stereocenters. The average Bonchev–Trinajstić information content (AvgIpc) is 2.42. The number of aliphatic carboxylic acids is 1. The van der Waals surface area contributed by atoms with Crippen molar-refractivity contribution in [1.29, 1.82) is 0 Å². The van der Waals surface area contributed by atoms with Crippen molar-refractivity contribution in [3.63, 3.8) is 0 Å². The zero-order chi connectivity index (χ0) is 14.3. The molecule has 0 radical (unpaired) electrons. The molecule has 1 rings (SSSR count). The van der Waals surface area contributed by atoms with Crippen LogP contribution in [0.15, 0.2) is 18.2 Å². The van der Waals surface area contributed by atoms with E-state index in [2.05, 4.69) is 0 Å². The second kappa shape index (κ2) is 7.41. The maximum absolute atomic E-state index is 12.0. The molecule has 0 fully saturated rings. The number of carbonyl (C=O) groups is 2. The van der Waals surface area contributed by atoms with Gasteiger partial charge in [0.05, 0.1) is 19.8 Å². The van der Waals surface area contributed by atoms with E-state index < -0.39 is 5.97 Å². The van der Waals surface area contributed by atoms with Gasteiger partial charge < -0.3 is 19.4 Å². The predicted molar refractivity (Wildman–Crippen MR) is 67.4 cm³/mol. The van der Waals surface area contributed by atoms with Crippen molar-refractivity contribution in [2.75, 3.05) is 14.2 Å². The van der Waals surface area contributed by atoms with Crippen LogP contribution in [0.1, 0.15) is 36.0 Å². The maximum Gasteiger partial charge on any atom is 0.166 e. The predicted octanol–water partition coefficient (Wildman–Crippen LogP) is 1.20. The Morgan fingerprint density at radius 1 is 1.11 bits per heavy atom. The summed E-state index contributed by atoms with van der Waals surface area (Å²) in [5.41, 5.74) is 0.454. The first-order valence-corrected chi connectivity index (χ1v) is 6.03. The number of benzene rings is 1. The number of methoxy groups -OCH3 is 2. The zero-order valence-corrected chi connectivity index (χ0v) is 11.1. The van der Waals surface area contributed by atoms with Crippen molar-refractivity contribution in [1.82, 2.24) is 0 Å². The molecule has 0 aliphatic heterocycles. The highest BCUT2D eigenvalue weighted by molar-refractivity contribution is 5.99. The van der Waals surface area contributed by atoms with Crippen molar-refractivity contribution in [3.05, 3.63) is 23.8 Å². The molecule has 0 aromatic heterocycles. The van der Waals surface area contributed by atoms with E-state index in [0.717, 1.165) is 0 Å². The fourth-order valence-corrected chi connectivity index (χ4v) is 1.72. The molecule has 1 aromatic rings. The number of rotatable bonds is 8. The summed E-state index contributed by atoms with van der Waals surface area (Å²) in [6.07, 6.45) is 1.19. The van der Waals surface area contributed by atoms with Gasteiger partial charge >= 0.3 is 0 Å². The molecule has 5 heteroatoms. The lowest BCUT2D eigenvalue weighted by Crippen LogP contribution is -2.21. The van der Waals surface area contributed by atoms with Crippen LogP contribution in [0.4, 0.5) is 0 Å². The third kappa shape index (κ3) is 4.62. The standard InChI is InChI=1S/C14H18O5/c1-18-10-7-8-13(19-2)11(9-10)12(15)5-3-4-6-14(16)17/h7-9H,3-6H2,1-2H3,(H,16,17)/p-1. The van der Waals surface area contributed by atoms with Gasteiger partial charge in [-0.2, -0.15) is 0 Å². The van der Waals surface area contributed by atoms with Crippen molar-refractivity contribution in [2.24, 2.45) is 0 Å². The Hall–Kier alpha value is -2.04. The van der Waals surface area contributed by atoms with E-state index in [-0.39, 0.29) is 18.6 Å². The summed E-state index contributed by atoms with van der Waals surface area (Å²) < 4.78 is 10.2. The van der Waals surface area contributed by atoms with E-state index in [9.17, 15) is 14.7 Å². The lowest BCUT2D eigenvalue weighted by atomic mass is 10.0. The molecule has 0 heterocycles. The van der Waals surface area contributed by atoms with E-state index in [1.807, 2.05) is 0 Å². The van der Waals surface area contributed by atoms with Crippen LogP contribution in [0, 0.1) is 0 Å². The molecule has 0 bridgehead atoms. The number of carboxylic acids is 1. The minimum Gasteiger partial charge on any atom is -0.550 e. The van der Waals surface area contributed by atoms with Gasteiger partial charge in [-0.1, -0.05) is 0 Å². The topological polar surface area (TPSA) is 75.7 Å². The summed E-state index contributed by atoms with van der Waals surface area (Å²) in [7, 11) is 3.02. The van der Waals surface area contributed by atoms with Gasteiger partial charge in [0, 0.05) is 12.4 Å². The number of ketones is 1. The number of carboxylic acid groups (broad SMARTS) is 1. The third-order valence-corrected chi connectivity index (χ3v) is 2.74. The highest BCUT2D eigenvalue weighted by Gasteiger charge is 2.13. The van der Waals surface area contributed by atoms with Crippen LogP contribution in [0.2, 0.25) is 0 Å². The van der Waals surface area contributed by atoms with Crippen LogP contribution >= 0.6 is 0 Å². The molecule has 0 N–H and O–H groups in total. The van der Waals surface area contributed by atoms with Gasteiger partial charge in [-0.25, -0.2) is 0 Å². The molecule has 1 aromatic carbocycles. The number of Topliss-reactive ketones (excluding diaryl/α,β-unsaturated/α-hetero) is 1. The minimum atomic E-state index is -1.09. The molecule has 0 atom stereocenters. The largest absolute Gasteiger partial charge is 0.550 e. The fourth-order valence-electron chi connectivity index (χ4n) is 1.72. The summed E-state index contributed by atoms with van der Waals surface area (Å²) in [6, 6.07) is 5.01. The smallest absolute Gasteiger partial charge is 0.166 e. The first kappa shape index (κ1) is 15.0. The Kier molecular flexibility index (Phi) is 5.85. The first-order chi connectivity index (χ1) is 9.08. The van der Waals surface area contributed by atoms with Crippen LogP contribution in [0.5, 0.6) is 11.5 Å². The van der Waals surface area contributed by atoms with Crippen LogP contribution in [-0.4, -0.2) is 26.0 Å². The molecule has 0 amide bonds. The Labute approximate surface area is 112 Å². The molecule has 0 spiro atoms. The summed E-state index contributed by atoms with van der Waals surface area (Å²) in [5, 5.41) is 10.3.